The summed E-state index contributed by atoms with van der Waals surface area (Å²) in [6, 6.07) is 1.14. The maximum absolute atomic E-state index is 12.2. The topological polar surface area (TPSA) is 117 Å². The molecule has 0 bridgehead atoms. The van der Waals surface area contributed by atoms with Crippen molar-refractivity contribution >= 4 is 21.9 Å². The summed E-state index contributed by atoms with van der Waals surface area (Å²) in [7, 11) is -1.04. The Morgan fingerprint density at radius 1 is 1.29 bits per heavy atom. The van der Waals surface area contributed by atoms with Crippen LogP contribution in [0.25, 0.3) is 0 Å². The van der Waals surface area contributed by atoms with E-state index in [2.05, 4.69) is 5.32 Å². The number of carboxylic acid groups (broad SMARTS) is 1. The number of nitrogens with one attached hydrogen (secondary N) is 1. The molecule has 2 N–H and O–H groups in total. The quantitative estimate of drug-likeness (QED) is 0.791. The average molecular weight is 358 g/mol. The van der Waals surface area contributed by atoms with Gasteiger partial charge in [0.05, 0.1) is 11.0 Å². The Bertz CT molecular complexity index is 716. The highest BCUT2D eigenvalue weighted by molar-refractivity contribution is 7.88. The minimum absolute atomic E-state index is 0.0160. The van der Waals surface area contributed by atoms with Gasteiger partial charge < -0.3 is 14.8 Å². The van der Waals surface area contributed by atoms with Crippen LogP contribution in [0.2, 0.25) is 0 Å². The van der Waals surface area contributed by atoms with Crippen LogP contribution in [0, 0.1) is 5.41 Å². The molecule has 1 aromatic heterocycles. The molecule has 0 unspecified atom stereocenters. The van der Waals surface area contributed by atoms with E-state index in [1.54, 1.807) is 0 Å². The summed E-state index contributed by atoms with van der Waals surface area (Å²) in [4.78, 5) is 23.8. The fraction of sp³-hybridized carbons (Fsp3) is 0.600. The van der Waals surface area contributed by atoms with E-state index in [0.717, 1.165) is 35.9 Å². The second-order valence-corrected chi connectivity index (χ2v) is 8.35. The molecule has 0 spiro atoms. The zero-order valence-corrected chi connectivity index (χ0v) is 14.6. The first-order valence-electron chi connectivity index (χ1n) is 7.72. The molecule has 1 aliphatic carbocycles. The molecule has 0 aliphatic heterocycles. The van der Waals surface area contributed by atoms with E-state index in [-0.39, 0.29) is 17.2 Å². The highest BCUT2D eigenvalue weighted by Crippen LogP contribution is 2.36. The predicted molar refractivity (Wildman–Crippen MR) is 85.1 cm³/mol. The Balaban J connectivity index is 2.08. The SMILES string of the molecule is CN(C)S(=O)(=O)c1cc(C(=O)NCC2(C(=O)O)CCCCC2)co1. The molecular formula is C15H22N2O6S. The number of amides is 1. The van der Waals surface area contributed by atoms with Crippen LogP contribution in [0.3, 0.4) is 0 Å². The van der Waals surface area contributed by atoms with Crippen LogP contribution < -0.4 is 5.32 Å². The van der Waals surface area contributed by atoms with E-state index < -0.39 is 27.3 Å². The summed E-state index contributed by atoms with van der Waals surface area (Å²) in [5.74, 6) is -1.46. The average Bonchev–Trinajstić information content (AvgIpc) is 3.04. The van der Waals surface area contributed by atoms with Gasteiger partial charge in [-0.3, -0.25) is 9.59 Å². The molecule has 0 radical (unpaired) electrons. The predicted octanol–water partition coefficient (Wildman–Crippen LogP) is 1.29. The van der Waals surface area contributed by atoms with Crippen molar-refractivity contribution in [2.24, 2.45) is 5.41 Å². The molecule has 1 saturated carbocycles. The van der Waals surface area contributed by atoms with Crippen molar-refractivity contribution in [3.63, 3.8) is 0 Å². The minimum atomic E-state index is -3.76. The van der Waals surface area contributed by atoms with Gasteiger partial charge in [-0.25, -0.2) is 12.7 Å². The van der Waals surface area contributed by atoms with E-state index >= 15 is 0 Å². The molecule has 1 amide bonds. The zero-order chi connectivity index (χ0) is 18.0. The highest BCUT2D eigenvalue weighted by atomic mass is 32.2. The molecule has 1 aromatic rings. The van der Waals surface area contributed by atoms with Crippen LogP contribution in [-0.4, -0.2) is 50.3 Å². The number of hydrogen-bond acceptors (Lipinski definition) is 5. The van der Waals surface area contributed by atoms with Crippen LogP contribution >= 0.6 is 0 Å². The van der Waals surface area contributed by atoms with E-state index in [1.807, 2.05) is 0 Å². The van der Waals surface area contributed by atoms with Gasteiger partial charge in [-0.05, 0) is 12.8 Å². The summed E-state index contributed by atoms with van der Waals surface area (Å²) in [5.41, 5.74) is -0.900. The normalized spacial score (nSPS) is 17.6. The van der Waals surface area contributed by atoms with Gasteiger partial charge >= 0.3 is 5.97 Å². The number of hydrogen-bond donors (Lipinski definition) is 2. The van der Waals surface area contributed by atoms with E-state index in [0.29, 0.717) is 12.8 Å². The number of rotatable bonds is 6. The van der Waals surface area contributed by atoms with Crippen molar-refractivity contribution in [2.45, 2.75) is 37.2 Å². The first-order chi connectivity index (χ1) is 11.2. The number of carbonyl (C=O) groups excluding carboxylic acids is 1. The smallest absolute Gasteiger partial charge is 0.311 e. The largest absolute Gasteiger partial charge is 0.481 e. The maximum atomic E-state index is 12.2. The monoisotopic (exact) mass is 358 g/mol. The van der Waals surface area contributed by atoms with Crippen LogP contribution in [0.15, 0.2) is 21.8 Å². The van der Waals surface area contributed by atoms with Crippen molar-refractivity contribution in [1.82, 2.24) is 9.62 Å². The van der Waals surface area contributed by atoms with Crippen LogP contribution in [-0.2, 0) is 14.8 Å². The highest BCUT2D eigenvalue weighted by Gasteiger charge is 2.40. The molecule has 9 heteroatoms. The summed E-state index contributed by atoms with van der Waals surface area (Å²) in [6.07, 6.45) is 4.73. The van der Waals surface area contributed by atoms with E-state index in [4.69, 9.17) is 4.42 Å². The summed E-state index contributed by atoms with van der Waals surface area (Å²) in [5, 5.41) is 11.8. The first-order valence-corrected chi connectivity index (χ1v) is 9.16. The van der Waals surface area contributed by atoms with Crippen LogP contribution in [0.4, 0.5) is 0 Å². The first kappa shape index (κ1) is 18.5. The third-order valence-electron chi connectivity index (χ3n) is 4.42. The summed E-state index contributed by atoms with van der Waals surface area (Å²) in [6.45, 7) is 0.0160. The Morgan fingerprint density at radius 2 is 1.92 bits per heavy atom. The van der Waals surface area contributed by atoms with Gasteiger partial charge in [-0.2, -0.15) is 0 Å². The van der Waals surface area contributed by atoms with Gasteiger partial charge in [-0.15, -0.1) is 0 Å². The number of carbonyl (C=O) groups is 2. The lowest BCUT2D eigenvalue weighted by Gasteiger charge is -2.33. The van der Waals surface area contributed by atoms with Crippen molar-refractivity contribution in [1.29, 1.82) is 0 Å². The maximum Gasteiger partial charge on any atom is 0.311 e. The molecule has 1 heterocycles. The summed E-state index contributed by atoms with van der Waals surface area (Å²) >= 11 is 0. The Kier molecular flexibility index (Phi) is 5.34. The fourth-order valence-electron chi connectivity index (χ4n) is 2.80. The molecule has 0 atom stereocenters. The van der Waals surface area contributed by atoms with Gasteiger partial charge in [-0.1, -0.05) is 19.3 Å². The second kappa shape index (κ2) is 6.94. The Hall–Kier alpha value is -1.87. The Morgan fingerprint density at radius 3 is 2.46 bits per heavy atom. The number of furan rings is 1. The van der Waals surface area contributed by atoms with Gasteiger partial charge in [0, 0.05) is 26.7 Å². The molecule has 24 heavy (non-hydrogen) atoms. The van der Waals surface area contributed by atoms with Crippen molar-refractivity contribution < 1.29 is 27.5 Å². The fourth-order valence-corrected chi connectivity index (χ4v) is 3.60. The lowest BCUT2D eigenvalue weighted by Crippen LogP contribution is -2.44. The minimum Gasteiger partial charge on any atom is -0.481 e. The molecule has 2 rings (SSSR count). The molecule has 134 valence electrons. The van der Waals surface area contributed by atoms with Crippen molar-refractivity contribution in [3.8, 4) is 0 Å². The third kappa shape index (κ3) is 3.62. The number of carboxylic acids is 1. The molecular weight excluding hydrogens is 336 g/mol. The van der Waals surface area contributed by atoms with Gasteiger partial charge in [0.2, 0.25) is 5.09 Å². The van der Waals surface area contributed by atoms with Crippen LogP contribution in [0.5, 0.6) is 0 Å². The molecule has 8 nitrogen and oxygen atoms in total. The number of nitrogens with zero attached hydrogens (tertiary/aromatic N) is 1. The van der Waals surface area contributed by atoms with Gasteiger partial charge in [0.1, 0.15) is 6.26 Å². The molecule has 0 aromatic carbocycles. The van der Waals surface area contributed by atoms with Crippen molar-refractivity contribution in [3.05, 3.63) is 17.9 Å². The Labute approximate surface area is 140 Å². The number of aliphatic carboxylic acids is 1. The van der Waals surface area contributed by atoms with E-state index in [1.165, 1.54) is 14.1 Å². The lowest BCUT2D eigenvalue weighted by molar-refractivity contribution is -0.150. The number of sulfonamides is 1. The summed E-state index contributed by atoms with van der Waals surface area (Å²) < 4.78 is 29.8. The lowest BCUT2D eigenvalue weighted by atomic mass is 9.74. The van der Waals surface area contributed by atoms with Crippen LogP contribution in [0.1, 0.15) is 42.5 Å². The van der Waals surface area contributed by atoms with E-state index in [9.17, 15) is 23.1 Å². The van der Waals surface area contributed by atoms with Crippen molar-refractivity contribution in [2.75, 3.05) is 20.6 Å². The standard InChI is InChI=1S/C15H22N2O6S/c1-17(2)24(21,22)12-8-11(9-23-12)13(18)16-10-15(14(19)20)6-4-3-5-7-15/h8-9H,3-7,10H2,1-2H3,(H,16,18)(H,19,20). The molecule has 1 aliphatic rings. The molecule has 0 saturated heterocycles. The molecule has 1 fully saturated rings. The van der Waals surface area contributed by atoms with Gasteiger partial charge in [0.15, 0.2) is 0 Å². The third-order valence-corrected chi connectivity index (χ3v) is 6.11. The van der Waals surface area contributed by atoms with Gasteiger partial charge in [0.25, 0.3) is 15.9 Å². The zero-order valence-electron chi connectivity index (χ0n) is 13.7. The second-order valence-electron chi connectivity index (χ2n) is 6.27.